The molecule has 4 nitrogen and oxygen atoms in total. The van der Waals surface area contributed by atoms with Gasteiger partial charge in [-0.3, -0.25) is 4.55 Å². The summed E-state index contributed by atoms with van der Waals surface area (Å²) >= 11 is 0. The van der Waals surface area contributed by atoms with E-state index in [4.69, 9.17) is 10.3 Å². The van der Waals surface area contributed by atoms with Gasteiger partial charge in [-0.1, -0.05) is 0 Å². The molecule has 0 saturated carbocycles. The van der Waals surface area contributed by atoms with Crippen molar-refractivity contribution in [2.75, 3.05) is 5.88 Å². The minimum atomic E-state index is -4.00. The van der Waals surface area contributed by atoms with Gasteiger partial charge in [-0.2, -0.15) is 0 Å². The molecule has 38 valence electrons. The van der Waals surface area contributed by atoms with Gasteiger partial charge in [0.2, 0.25) is 10.1 Å². The molecule has 0 saturated heterocycles. The van der Waals surface area contributed by atoms with E-state index in [0.29, 0.717) is 0 Å². The minimum Gasteiger partial charge on any atom is -0.663 e. The van der Waals surface area contributed by atoms with Crippen molar-refractivity contribution in [3.05, 3.63) is 5.73 Å². The smallest absolute Gasteiger partial charge is 0.663 e. The molecule has 0 radical (unpaired) electrons. The van der Waals surface area contributed by atoms with Gasteiger partial charge in [0.1, 0.15) is 0 Å². The molecule has 6 heteroatoms. The summed E-state index contributed by atoms with van der Waals surface area (Å²) in [7, 11) is -4.00. The molecule has 0 spiro atoms. The standard InChI is InChI=1S/CH4NO3S.K/c2-1-6(3,4)5;/h2H,1H2,(H,3,4,5);/q-1;+1. The second-order valence-corrected chi connectivity index (χ2v) is 2.18. The number of hydrogen-bond donors (Lipinski definition) is 1. The van der Waals surface area contributed by atoms with E-state index in [1.54, 1.807) is 0 Å². The maximum Gasteiger partial charge on any atom is 1.00 e. The molecule has 0 fully saturated rings. The molecule has 0 atom stereocenters. The summed E-state index contributed by atoms with van der Waals surface area (Å²) in [5, 5.41) is 0. The summed E-state index contributed by atoms with van der Waals surface area (Å²) in [4.78, 5) is 0. The van der Waals surface area contributed by atoms with Gasteiger partial charge in [0.15, 0.2) is 0 Å². The fraction of sp³-hybridized carbons (Fsp3) is 1.00. The molecule has 7 heavy (non-hydrogen) atoms. The Morgan fingerprint density at radius 1 is 1.57 bits per heavy atom. The van der Waals surface area contributed by atoms with Crippen molar-refractivity contribution in [3.8, 4) is 0 Å². The van der Waals surface area contributed by atoms with E-state index >= 15 is 0 Å². The van der Waals surface area contributed by atoms with Crippen LogP contribution in [-0.4, -0.2) is 18.8 Å². The van der Waals surface area contributed by atoms with E-state index in [1.165, 1.54) is 0 Å². The first-order valence-corrected chi connectivity index (χ1v) is 2.77. The summed E-state index contributed by atoms with van der Waals surface area (Å²) in [6.45, 7) is 0. The van der Waals surface area contributed by atoms with E-state index in [2.05, 4.69) is 0 Å². The second-order valence-electron chi connectivity index (χ2n) is 0.726. The third-order valence-corrected chi connectivity index (χ3v) is 0.547. The molecule has 2 N–H and O–H groups in total. The van der Waals surface area contributed by atoms with Gasteiger partial charge in [-0.15, -0.1) is 0 Å². The fourth-order valence-corrected chi connectivity index (χ4v) is 0. The molecular formula is CH4KNO3S. The van der Waals surface area contributed by atoms with Crippen LogP contribution in [0, 0.1) is 0 Å². The Kier molecular flexibility index (Phi) is 7.10. The first kappa shape index (κ1) is 11.3. The number of hydrogen-bond acceptors (Lipinski definition) is 2. The van der Waals surface area contributed by atoms with Crippen LogP contribution < -0.4 is 51.4 Å². The molecule has 0 aromatic carbocycles. The van der Waals surface area contributed by atoms with Crippen molar-refractivity contribution in [2.24, 2.45) is 0 Å². The topological polar surface area (TPSA) is 78.2 Å². The average Bonchev–Trinajstić information content (AvgIpc) is 1.35. The molecule has 0 aliphatic heterocycles. The first-order chi connectivity index (χ1) is 2.56. The molecule has 0 aliphatic carbocycles. The number of nitrogens with one attached hydrogen (secondary N) is 1. The fourth-order valence-electron chi connectivity index (χ4n) is 0. The summed E-state index contributed by atoms with van der Waals surface area (Å²) in [6, 6.07) is 0. The molecule has 0 amide bonds. The van der Waals surface area contributed by atoms with Crippen molar-refractivity contribution in [1.29, 1.82) is 0 Å². The van der Waals surface area contributed by atoms with E-state index in [0.717, 1.165) is 0 Å². The van der Waals surface area contributed by atoms with Crippen LogP contribution in [0.15, 0.2) is 0 Å². The van der Waals surface area contributed by atoms with Gasteiger partial charge in [-0.25, -0.2) is 8.42 Å². The molecule has 0 aromatic heterocycles. The number of rotatable bonds is 1. The van der Waals surface area contributed by atoms with Crippen LogP contribution in [0.4, 0.5) is 0 Å². The Hall–Kier alpha value is 1.51. The van der Waals surface area contributed by atoms with Gasteiger partial charge < -0.3 is 5.73 Å². The van der Waals surface area contributed by atoms with Crippen LogP contribution in [0.1, 0.15) is 0 Å². The third-order valence-electron chi connectivity index (χ3n) is 0.182. The molecule has 0 unspecified atom stereocenters. The normalized spacial score (nSPS) is 10.0. The monoisotopic (exact) mass is 149 g/mol. The summed E-state index contributed by atoms with van der Waals surface area (Å²) in [5.41, 5.74) is 6.02. The minimum absolute atomic E-state index is 0. The van der Waals surface area contributed by atoms with Gasteiger partial charge in [0.05, 0.1) is 0 Å². The van der Waals surface area contributed by atoms with E-state index < -0.39 is 16.0 Å². The zero-order chi connectivity index (χ0) is 5.21. The largest absolute Gasteiger partial charge is 1.00 e. The molecule has 0 heterocycles. The van der Waals surface area contributed by atoms with Crippen molar-refractivity contribution in [2.45, 2.75) is 0 Å². The zero-order valence-electron chi connectivity index (χ0n) is 3.88. The second kappa shape index (κ2) is 4.39. The van der Waals surface area contributed by atoms with Crippen LogP contribution in [0.5, 0.6) is 0 Å². The third kappa shape index (κ3) is 11.2. The van der Waals surface area contributed by atoms with Crippen LogP contribution in [0.25, 0.3) is 5.73 Å². The van der Waals surface area contributed by atoms with Crippen molar-refractivity contribution >= 4 is 10.1 Å². The van der Waals surface area contributed by atoms with Crippen LogP contribution in [0.3, 0.4) is 0 Å². The Balaban J connectivity index is 0. The predicted octanol–water partition coefficient (Wildman–Crippen LogP) is -3.11. The molecule has 0 rings (SSSR count). The molecular weight excluding hydrogens is 145 g/mol. The Bertz CT molecular complexity index is 117. The van der Waals surface area contributed by atoms with Crippen LogP contribution in [0.2, 0.25) is 0 Å². The van der Waals surface area contributed by atoms with E-state index in [-0.39, 0.29) is 51.4 Å². The SMILES string of the molecule is [K+].[NH-]CS(=O)(=O)O. The van der Waals surface area contributed by atoms with E-state index in [9.17, 15) is 8.42 Å². The van der Waals surface area contributed by atoms with Gasteiger partial charge in [-0.05, 0) is 5.88 Å². The first-order valence-electron chi connectivity index (χ1n) is 1.16. The quantitative estimate of drug-likeness (QED) is 0.316. The Morgan fingerprint density at radius 2 is 1.71 bits per heavy atom. The maximum absolute atomic E-state index is 9.37. The molecule has 0 aromatic rings. The van der Waals surface area contributed by atoms with Crippen LogP contribution >= 0.6 is 0 Å². The van der Waals surface area contributed by atoms with Crippen LogP contribution in [-0.2, 0) is 10.1 Å². The van der Waals surface area contributed by atoms with Gasteiger partial charge in [0.25, 0.3) is 0 Å². The van der Waals surface area contributed by atoms with Gasteiger partial charge >= 0.3 is 51.4 Å². The maximum atomic E-state index is 9.37. The predicted molar refractivity (Wildman–Crippen MR) is 20.7 cm³/mol. The average molecular weight is 149 g/mol. The zero-order valence-corrected chi connectivity index (χ0v) is 7.82. The van der Waals surface area contributed by atoms with Gasteiger partial charge in [0, 0.05) is 0 Å². The molecule has 0 bridgehead atoms. The Labute approximate surface area is 84.6 Å². The Morgan fingerprint density at radius 3 is 1.71 bits per heavy atom. The van der Waals surface area contributed by atoms with E-state index in [1.807, 2.05) is 0 Å². The summed E-state index contributed by atoms with van der Waals surface area (Å²) in [6.07, 6.45) is 0. The van der Waals surface area contributed by atoms with Crippen molar-refractivity contribution in [3.63, 3.8) is 0 Å². The molecule has 0 aliphatic rings. The van der Waals surface area contributed by atoms with Crippen molar-refractivity contribution in [1.82, 2.24) is 0 Å². The summed E-state index contributed by atoms with van der Waals surface area (Å²) < 4.78 is 26.3. The summed E-state index contributed by atoms with van der Waals surface area (Å²) in [5.74, 6) is -0.951. The van der Waals surface area contributed by atoms with Crippen molar-refractivity contribution < 1.29 is 64.4 Å².